The van der Waals surface area contributed by atoms with E-state index in [2.05, 4.69) is 0 Å². The van der Waals surface area contributed by atoms with Gasteiger partial charge in [-0.05, 0) is 62.4 Å². The highest BCUT2D eigenvalue weighted by Crippen LogP contribution is 2.22. The Balaban J connectivity index is 1.93. The van der Waals surface area contributed by atoms with E-state index in [1.165, 1.54) is 0 Å². The fourth-order valence-corrected chi connectivity index (χ4v) is 2.11. The summed E-state index contributed by atoms with van der Waals surface area (Å²) in [5.74, 6) is -0.479. The zero-order valence-electron chi connectivity index (χ0n) is 13.2. The standard InChI is InChI=1S/C18H16Cl2O4/c1-18(2,24-15-9-7-14(20)8-10-15)17(22)23-11-16(21)12-3-5-13(19)6-4-12/h3-10H,11H2,1-2H3. The molecule has 0 saturated heterocycles. The van der Waals surface area contributed by atoms with E-state index in [-0.39, 0.29) is 12.4 Å². The van der Waals surface area contributed by atoms with Crippen molar-refractivity contribution in [2.45, 2.75) is 19.4 Å². The van der Waals surface area contributed by atoms with Gasteiger partial charge >= 0.3 is 5.97 Å². The summed E-state index contributed by atoms with van der Waals surface area (Å²) in [5.41, 5.74) is -0.822. The smallest absolute Gasteiger partial charge is 0.350 e. The molecular weight excluding hydrogens is 351 g/mol. The van der Waals surface area contributed by atoms with E-state index in [1.54, 1.807) is 62.4 Å². The molecule has 126 valence electrons. The van der Waals surface area contributed by atoms with E-state index in [1.807, 2.05) is 0 Å². The van der Waals surface area contributed by atoms with Crippen LogP contribution in [0.3, 0.4) is 0 Å². The van der Waals surface area contributed by atoms with Crippen LogP contribution in [0.15, 0.2) is 48.5 Å². The lowest BCUT2D eigenvalue weighted by Crippen LogP contribution is -2.40. The van der Waals surface area contributed by atoms with Gasteiger partial charge < -0.3 is 9.47 Å². The molecule has 6 heteroatoms. The van der Waals surface area contributed by atoms with Crippen molar-refractivity contribution < 1.29 is 19.1 Å². The van der Waals surface area contributed by atoms with Gasteiger partial charge in [0.15, 0.2) is 18.0 Å². The molecule has 24 heavy (non-hydrogen) atoms. The van der Waals surface area contributed by atoms with Gasteiger partial charge in [0.25, 0.3) is 0 Å². The zero-order chi connectivity index (χ0) is 17.7. The number of carbonyl (C=O) groups excluding carboxylic acids is 2. The fraction of sp³-hybridized carbons (Fsp3) is 0.222. The third-order valence-corrected chi connectivity index (χ3v) is 3.68. The normalized spacial score (nSPS) is 11.0. The maximum atomic E-state index is 12.2. The third-order valence-electron chi connectivity index (χ3n) is 3.18. The highest BCUT2D eigenvalue weighted by atomic mass is 35.5. The number of hydrogen-bond donors (Lipinski definition) is 0. The van der Waals surface area contributed by atoms with Gasteiger partial charge in [-0.2, -0.15) is 0 Å². The van der Waals surface area contributed by atoms with Gasteiger partial charge in [0, 0.05) is 15.6 Å². The second kappa shape index (κ2) is 7.69. The Morgan fingerprint density at radius 1 is 0.917 bits per heavy atom. The van der Waals surface area contributed by atoms with Crippen LogP contribution in [-0.2, 0) is 9.53 Å². The maximum absolute atomic E-state index is 12.2. The van der Waals surface area contributed by atoms with Gasteiger partial charge in [0.05, 0.1) is 0 Å². The molecule has 2 rings (SSSR count). The first-order chi connectivity index (χ1) is 11.3. The summed E-state index contributed by atoms with van der Waals surface area (Å²) in [4.78, 5) is 24.2. The average molecular weight is 367 g/mol. The van der Waals surface area contributed by atoms with Gasteiger partial charge in [0.2, 0.25) is 0 Å². The Morgan fingerprint density at radius 3 is 1.96 bits per heavy atom. The molecule has 0 unspecified atom stereocenters. The number of halogens is 2. The number of rotatable bonds is 6. The van der Waals surface area contributed by atoms with Crippen molar-refractivity contribution in [2.24, 2.45) is 0 Å². The first-order valence-electron chi connectivity index (χ1n) is 7.18. The van der Waals surface area contributed by atoms with Crippen LogP contribution in [0, 0.1) is 0 Å². The van der Waals surface area contributed by atoms with Crippen LogP contribution in [0.1, 0.15) is 24.2 Å². The van der Waals surface area contributed by atoms with Gasteiger partial charge in [-0.1, -0.05) is 23.2 Å². The van der Waals surface area contributed by atoms with Crippen molar-refractivity contribution in [1.82, 2.24) is 0 Å². The lowest BCUT2D eigenvalue weighted by Gasteiger charge is -2.24. The second-order valence-corrected chi connectivity index (χ2v) is 6.45. The van der Waals surface area contributed by atoms with Crippen molar-refractivity contribution in [2.75, 3.05) is 6.61 Å². The molecule has 0 bridgehead atoms. The van der Waals surface area contributed by atoms with Crippen LogP contribution in [-0.4, -0.2) is 24.0 Å². The average Bonchev–Trinajstić information content (AvgIpc) is 2.55. The first-order valence-corrected chi connectivity index (χ1v) is 7.94. The van der Waals surface area contributed by atoms with Crippen molar-refractivity contribution >= 4 is 35.0 Å². The van der Waals surface area contributed by atoms with Crippen LogP contribution in [0.2, 0.25) is 10.0 Å². The maximum Gasteiger partial charge on any atom is 0.350 e. The molecule has 2 aromatic carbocycles. The van der Waals surface area contributed by atoms with Crippen LogP contribution >= 0.6 is 23.2 Å². The molecule has 0 heterocycles. The lowest BCUT2D eigenvalue weighted by molar-refractivity contribution is -0.158. The molecule has 0 aliphatic heterocycles. The third kappa shape index (κ3) is 4.98. The van der Waals surface area contributed by atoms with Crippen LogP contribution in [0.5, 0.6) is 5.75 Å². The van der Waals surface area contributed by atoms with Crippen molar-refractivity contribution in [3.63, 3.8) is 0 Å². The second-order valence-electron chi connectivity index (χ2n) is 5.57. The molecule has 0 radical (unpaired) electrons. The van der Waals surface area contributed by atoms with Gasteiger partial charge in [-0.15, -0.1) is 0 Å². The van der Waals surface area contributed by atoms with Gasteiger partial charge in [-0.3, -0.25) is 4.79 Å². The van der Waals surface area contributed by atoms with Crippen LogP contribution in [0.25, 0.3) is 0 Å². The minimum atomic E-state index is -1.24. The Morgan fingerprint density at radius 2 is 1.42 bits per heavy atom. The molecule has 4 nitrogen and oxygen atoms in total. The summed E-state index contributed by atoms with van der Waals surface area (Å²) in [6.07, 6.45) is 0. The first kappa shape index (κ1) is 18.3. The van der Waals surface area contributed by atoms with Crippen molar-refractivity contribution in [3.05, 3.63) is 64.1 Å². The summed E-state index contributed by atoms with van der Waals surface area (Å²) >= 11 is 11.6. The number of benzene rings is 2. The van der Waals surface area contributed by atoms with Gasteiger partial charge in [0.1, 0.15) is 5.75 Å². The molecule has 0 saturated carbocycles. The number of Topliss-reactive ketones (excluding diaryl/α,β-unsaturated/α-hetero) is 1. The lowest BCUT2D eigenvalue weighted by atomic mass is 10.1. The quantitative estimate of drug-likeness (QED) is 0.554. The number of hydrogen-bond acceptors (Lipinski definition) is 4. The van der Waals surface area contributed by atoms with Crippen molar-refractivity contribution in [1.29, 1.82) is 0 Å². The molecule has 0 aromatic heterocycles. The molecule has 0 atom stereocenters. The fourth-order valence-electron chi connectivity index (χ4n) is 1.86. The zero-order valence-corrected chi connectivity index (χ0v) is 14.7. The predicted octanol–water partition coefficient (Wildman–Crippen LogP) is 4.58. The molecule has 2 aromatic rings. The largest absolute Gasteiger partial charge is 0.476 e. The molecule has 0 spiro atoms. The minimum absolute atomic E-state index is 0.317. The summed E-state index contributed by atoms with van der Waals surface area (Å²) in [5, 5.41) is 1.09. The Labute approximate surface area is 150 Å². The predicted molar refractivity (Wildman–Crippen MR) is 92.9 cm³/mol. The summed E-state index contributed by atoms with van der Waals surface area (Å²) in [6, 6.07) is 13.0. The summed E-state index contributed by atoms with van der Waals surface area (Å²) in [6.45, 7) is 2.77. The number of ketones is 1. The molecule has 0 N–H and O–H groups in total. The van der Waals surface area contributed by atoms with E-state index in [4.69, 9.17) is 32.7 Å². The number of ether oxygens (including phenoxy) is 2. The van der Waals surface area contributed by atoms with E-state index < -0.39 is 11.6 Å². The highest BCUT2D eigenvalue weighted by Gasteiger charge is 2.32. The molecular formula is C18H16Cl2O4. The topological polar surface area (TPSA) is 52.6 Å². The summed E-state index contributed by atoms with van der Waals surface area (Å²) in [7, 11) is 0. The molecule has 0 fully saturated rings. The molecule has 0 aliphatic rings. The number of carbonyl (C=O) groups is 2. The van der Waals surface area contributed by atoms with Crippen LogP contribution < -0.4 is 4.74 Å². The van der Waals surface area contributed by atoms with Crippen LogP contribution in [0.4, 0.5) is 0 Å². The van der Waals surface area contributed by atoms with E-state index in [9.17, 15) is 9.59 Å². The minimum Gasteiger partial charge on any atom is -0.476 e. The molecule has 0 aliphatic carbocycles. The van der Waals surface area contributed by atoms with E-state index >= 15 is 0 Å². The SMILES string of the molecule is CC(C)(Oc1ccc(Cl)cc1)C(=O)OCC(=O)c1ccc(Cl)cc1. The molecule has 0 amide bonds. The Kier molecular flexibility index (Phi) is 5.86. The number of esters is 1. The van der Waals surface area contributed by atoms with E-state index in [0.717, 1.165) is 0 Å². The summed E-state index contributed by atoms with van der Waals surface area (Å²) < 4.78 is 10.7. The monoisotopic (exact) mass is 366 g/mol. The highest BCUT2D eigenvalue weighted by molar-refractivity contribution is 6.30. The Hall–Kier alpha value is -2.04. The van der Waals surface area contributed by atoms with Gasteiger partial charge in [-0.25, -0.2) is 4.79 Å². The Bertz CT molecular complexity index is 722. The van der Waals surface area contributed by atoms with Crippen molar-refractivity contribution in [3.8, 4) is 5.75 Å². The van der Waals surface area contributed by atoms with E-state index in [0.29, 0.717) is 21.4 Å².